The number of carbonyl (C=O) groups excluding carboxylic acids is 2. The number of hydrogen-bond donors (Lipinski definition) is 1. The van der Waals surface area contributed by atoms with Crippen molar-refractivity contribution in [2.45, 2.75) is 39.3 Å². The number of sulfonamides is 1. The zero-order valence-corrected chi connectivity index (χ0v) is 22.4. The van der Waals surface area contributed by atoms with Gasteiger partial charge in [-0.25, -0.2) is 8.42 Å². The van der Waals surface area contributed by atoms with Gasteiger partial charge in [-0.2, -0.15) is 0 Å². The average Bonchev–Trinajstić information content (AvgIpc) is 2.88. The van der Waals surface area contributed by atoms with Crippen LogP contribution >= 0.6 is 0 Å². The van der Waals surface area contributed by atoms with Gasteiger partial charge >= 0.3 is 0 Å². The number of aryl methyl sites for hydroxylation is 1. The molecule has 2 amide bonds. The Morgan fingerprint density at radius 1 is 0.892 bits per heavy atom. The SMILES string of the molecule is CCCNC(=O)[C@H](Cc1ccccc1)N(Cc1ccccc1)C(=O)CN(c1cccc(C)c1)S(C)(=O)=O. The van der Waals surface area contributed by atoms with Crippen LogP contribution in [0.5, 0.6) is 0 Å². The van der Waals surface area contributed by atoms with Crippen molar-refractivity contribution in [3.63, 3.8) is 0 Å². The zero-order valence-electron chi connectivity index (χ0n) is 21.6. The number of amides is 2. The highest BCUT2D eigenvalue weighted by atomic mass is 32.2. The van der Waals surface area contributed by atoms with E-state index in [2.05, 4.69) is 5.32 Å². The van der Waals surface area contributed by atoms with Gasteiger partial charge in [0.05, 0.1) is 11.9 Å². The molecule has 0 aliphatic rings. The zero-order chi connectivity index (χ0) is 26.8. The Kier molecular flexibility index (Phi) is 9.85. The summed E-state index contributed by atoms with van der Waals surface area (Å²) in [5.74, 6) is -0.722. The molecule has 0 aromatic heterocycles. The number of anilines is 1. The van der Waals surface area contributed by atoms with Crippen molar-refractivity contribution in [3.8, 4) is 0 Å². The predicted octanol–water partition coefficient (Wildman–Crippen LogP) is 3.93. The summed E-state index contributed by atoms with van der Waals surface area (Å²) in [4.78, 5) is 28.8. The first kappa shape index (κ1) is 27.9. The van der Waals surface area contributed by atoms with Gasteiger partial charge in [0.15, 0.2) is 0 Å². The van der Waals surface area contributed by atoms with Crippen LogP contribution in [0.4, 0.5) is 5.69 Å². The Balaban J connectivity index is 2.02. The first-order valence-electron chi connectivity index (χ1n) is 12.4. The Morgan fingerprint density at radius 3 is 2.08 bits per heavy atom. The number of hydrogen-bond acceptors (Lipinski definition) is 4. The van der Waals surface area contributed by atoms with Crippen molar-refractivity contribution in [2.75, 3.05) is 23.7 Å². The van der Waals surface area contributed by atoms with E-state index in [1.165, 1.54) is 4.90 Å². The van der Waals surface area contributed by atoms with Crippen LogP contribution in [-0.4, -0.2) is 50.5 Å². The second-order valence-corrected chi connectivity index (χ2v) is 11.0. The number of benzene rings is 3. The highest BCUT2D eigenvalue weighted by molar-refractivity contribution is 7.92. The van der Waals surface area contributed by atoms with Crippen molar-refractivity contribution in [1.29, 1.82) is 0 Å². The van der Waals surface area contributed by atoms with Gasteiger partial charge in [0, 0.05) is 19.5 Å². The molecular weight excluding hydrogens is 486 g/mol. The number of rotatable bonds is 12. The van der Waals surface area contributed by atoms with Crippen LogP contribution in [0.1, 0.15) is 30.0 Å². The number of nitrogens with one attached hydrogen (secondary N) is 1. The van der Waals surface area contributed by atoms with E-state index in [0.717, 1.165) is 33.7 Å². The molecule has 0 heterocycles. The molecule has 0 fully saturated rings. The highest BCUT2D eigenvalue weighted by Crippen LogP contribution is 2.21. The smallest absolute Gasteiger partial charge is 0.244 e. The molecule has 1 N–H and O–H groups in total. The first-order chi connectivity index (χ1) is 17.7. The minimum absolute atomic E-state index is 0.169. The minimum atomic E-state index is -3.77. The molecule has 0 unspecified atom stereocenters. The van der Waals surface area contributed by atoms with Crippen molar-refractivity contribution in [2.24, 2.45) is 0 Å². The summed E-state index contributed by atoms with van der Waals surface area (Å²) in [5, 5.41) is 2.93. The van der Waals surface area contributed by atoms with E-state index in [1.54, 1.807) is 18.2 Å². The Bertz CT molecular complexity index is 1280. The molecule has 7 nitrogen and oxygen atoms in total. The molecule has 0 bridgehead atoms. The molecule has 1 atom stereocenters. The van der Waals surface area contributed by atoms with Crippen LogP contribution in [0.15, 0.2) is 84.9 Å². The molecule has 0 aliphatic carbocycles. The molecule has 0 saturated carbocycles. The number of carbonyl (C=O) groups is 2. The van der Waals surface area contributed by atoms with Crippen LogP contribution in [0.3, 0.4) is 0 Å². The molecular formula is C29H35N3O4S. The maximum atomic E-state index is 13.9. The monoisotopic (exact) mass is 521 g/mol. The summed E-state index contributed by atoms with van der Waals surface area (Å²) in [5.41, 5.74) is 3.04. The second kappa shape index (κ2) is 13.1. The molecule has 3 rings (SSSR count). The van der Waals surface area contributed by atoms with Crippen LogP contribution in [0, 0.1) is 6.92 Å². The van der Waals surface area contributed by atoms with Gasteiger partial charge in [-0.05, 0) is 42.2 Å². The third-order valence-corrected chi connectivity index (χ3v) is 7.13. The lowest BCUT2D eigenvalue weighted by Gasteiger charge is -2.33. The molecule has 8 heteroatoms. The molecule has 0 radical (unpaired) electrons. The fourth-order valence-electron chi connectivity index (χ4n) is 4.10. The largest absolute Gasteiger partial charge is 0.354 e. The molecule has 0 aliphatic heterocycles. The highest BCUT2D eigenvalue weighted by Gasteiger charge is 2.32. The van der Waals surface area contributed by atoms with E-state index in [-0.39, 0.29) is 12.5 Å². The lowest BCUT2D eigenvalue weighted by atomic mass is 10.0. The fourth-order valence-corrected chi connectivity index (χ4v) is 4.94. The summed E-state index contributed by atoms with van der Waals surface area (Å²) in [6, 6.07) is 25.1. The topological polar surface area (TPSA) is 86.8 Å². The molecule has 3 aromatic rings. The van der Waals surface area contributed by atoms with Gasteiger partial charge in [0.25, 0.3) is 0 Å². The minimum Gasteiger partial charge on any atom is -0.354 e. The van der Waals surface area contributed by atoms with Gasteiger partial charge in [0.1, 0.15) is 12.6 Å². The molecule has 37 heavy (non-hydrogen) atoms. The lowest BCUT2D eigenvalue weighted by molar-refractivity contribution is -0.140. The van der Waals surface area contributed by atoms with Crippen LogP contribution in [-0.2, 0) is 32.6 Å². The van der Waals surface area contributed by atoms with Crippen LogP contribution in [0.25, 0.3) is 0 Å². The molecule has 0 saturated heterocycles. The average molecular weight is 522 g/mol. The maximum absolute atomic E-state index is 13.9. The number of nitrogens with zero attached hydrogens (tertiary/aromatic N) is 2. The van der Waals surface area contributed by atoms with E-state index in [0.29, 0.717) is 18.7 Å². The van der Waals surface area contributed by atoms with Gasteiger partial charge < -0.3 is 10.2 Å². The third kappa shape index (κ3) is 8.18. The van der Waals surface area contributed by atoms with Crippen molar-refractivity contribution in [3.05, 3.63) is 102 Å². The van der Waals surface area contributed by atoms with E-state index in [4.69, 9.17) is 0 Å². The van der Waals surface area contributed by atoms with Gasteiger partial charge in [0.2, 0.25) is 21.8 Å². The fraction of sp³-hybridized carbons (Fsp3) is 0.310. The quantitative estimate of drug-likeness (QED) is 0.391. The predicted molar refractivity (Wildman–Crippen MR) is 148 cm³/mol. The molecule has 196 valence electrons. The van der Waals surface area contributed by atoms with E-state index in [9.17, 15) is 18.0 Å². The van der Waals surface area contributed by atoms with Crippen LogP contribution in [0.2, 0.25) is 0 Å². The normalized spacial score (nSPS) is 12.0. The Hall–Kier alpha value is -3.65. The van der Waals surface area contributed by atoms with Gasteiger partial charge in [-0.3, -0.25) is 13.9 Å². The summed E-state index contributed by atoms with van der Waals surface area (Å²) >= 11 is 0. The standard InChI is InChI=1S/C29H35N3O4S/c1-4-18-30-29(34)27(20-24-13-7-5-8-14-24)31(21-25-15-9-6-10-16-25)28(33)22-32(37(3,35)36)26-17-11-12-23(2)19-26/h5-17,19,27H,4,18,20-22H2,1-3H3,(H,30,34)/t27-/m0/s1. The maximum Gasteiger partial charge on any atom is 0.244 e. The summed E-state index contributed by atoms with van der Waals surface area (Å²) in [7, 11) is -3.77. The van der Waals surface area contributed by atoms with E-state index >= 15 is 0 Å². The van der Waals surface area contributed by atoms with Crippen molar-refractivity contribution in [1.82, 2.24) is 10.2 Å². The second-order valence-electron chi connectivity index (χ2n) is 9.11. The van der Waals surface area contributed by atoms with Crippen molar-refractivity contribution < 1.29 is 18.0 Å². The van der Waals surface area contributed by atoms with E-state index in [1.807, 2.05) is 80.6 Å². The third-order valence-electron chi connectivity index (χ3n) is 5.98. The lowest BCUT2D eigenvalue weighted by Crippen LogP contribution is -2.53. The van der Waals surface area contributed by atoms with Gasteiger partial charge in [-0.15, -0.1) is 0 Å². The summed E-state index contributed by atoms with van der Waals surface area (Å²) in [6.07, 6.45) is 2.14. The Morgan fingerprint density at radius 2 is 1.51 bits per heavy atom. The van der Waals surface area contributed by atoms with E-state index < -0.39 is 28.5 Å². The molecule has 3 aromatic carbocycles. The van der Waals surface area contributed by atoms with Gasteiger partial charge in [-0.1, -0.05) is 79.7 Å². The van der Waals surface area contributed by atoms with Crippen LogP contribution < -0.4 is 9.62 Å². The summed E-state index contributed by atoms with van der Waals surface area (Å²) in [6.45, 7) is 4.06. The molecule has 0 spiro atoms. The first-order valence-corrected chi connectivity index (χ1v) is 14.2. The Labute approximate surface area is 220 Å². The summed E-state index contributed by atoms with van der Waals surface area (Å²) < 4.78 is 26.6. The van der Waals surface area contributed by atoms with Crippen molar-refractivity contribution >= 4 is 27.5 Å².